The number of aromatic nitrogens is 2. The van der Waals surface area contributed by atoms with Crippen LogP contribution < -0.4 is 0 Å². The maximum atomic E-state index is 12.7. The van der Waals surface area contributed by atoms with E-state index in [4.69, 9.17) is 4.98 Å². The van der Waals surface area contributed by atoms with Gasteiger partial charge in [-0.05, 0) is 36.8 Å². The van der Waals surface area contributed by atoms with Crippen molar-refractivity contribution in [2.24, 2.45) is 0 Å². The van der Waals surface area contributed by atoms with Crippen molar-refractivity contribution in [1.82, 2.24) is 14.5 Å². The molecule has 2 amide bonds. The lowest BCUT2D eigenvalue weighted by Crippen LogP contribution is -2.31. The zero-order valence-electron chi connectivity index (χ0n) is 18.0. The van der Waals surface area contributed by atoms with E-state index in [2.05, 4.69) is 4.57 Å². The Morgan fingerprint density at radius 1 is 0.824 bits per heavy atom. The molecule has 0 aliphatic carbocycles. The average Bonchev–Trinajstić information content (AvgIpc) is 3.29. The second-order valence-corrected chi connectivity index (χ2v) is 8.32. The number of fused-ring (bicyclic) bond motifs is 5. The molecule has 166 valence electrons. The van der Waals surface area contributed by atoms with Gasteiger partial charge in [0, 0.05) is 36.0 Å². The van der Waals surface area contributed by atoms with Gasteiger partial charge < -0.3 is 4.57 Å². The molecule has 0 N–H and O–H groups in total. The van der Waals surface area contributed by atoms with Crippen molar-refractivity contribution in [2.45, 2.75) is 13.0 Å². The van der Waals surface area contributed by atoms with Gasteiger partial charge in [-0.25, -0.2) is 4.98 Å². The molecule has 0 unspecified atom stereocenters. The fraction of sp³-hybridized carbons (Fsp3) is 0.115. The monoisotopic (exact) mass is 450 g/mol. The van der Waals surface area contributed by atoms with E-state index in [0.717, 1.165) is 21.9 Å². The van der Waals surface area contributed by atoms with Crippen LogP contribution in [0.1, 0.15) is 27.1 Å². The third-order valence-electron chi connectivity index (χ3n) is 6.37. The van der Waals surface area contributed by atoms with Gasteiger partial charge in [0.2, 0.25) is 0 Å². The van der Waals surface area contributed by atoms with Gasteiger partial charge in [0.15, 0.2) is 0 Å². The number of nitro groups is 1. The maximum absolute atomic E-state index is 12.7. The smallest absolute Gasteiger partial charge is 0.270 e. The van der Waals surface area contributed by atoms with Crippen LogP contribution in [0, 0.1) is 10.1 Å². The lowest BCUT2D eigenvalue weighted by molar-refractivity contribution is -0.384. The SMILES string of the molecule is O=C1c2ccccc2C(=O)N1CCCn1c2ccccc2c2nc3ccc([N+](=O)[O-])cc3cc21. The van der Waals surface area contributed by atoms with Crippen LogP contribution in [-0.4, -0.2) is 37.7 Å². The van der Waals surface area contributed by atoms with Gasteiger partial charge in [-0.2, -0.15) is 0 Å². The average molecular weight is 450 g/mol. The highest BCUT2D eigenvalue weighted by atomic mass is 16.6. The fourth-order valence-corrected chi connectivity index (χ4v) is 4.78. The number of rotatable bonds is 5. The normalized spacial score (nSPS) is 13.4. The number of amides is 2. The molecule has 0 bridgehead atoms. The number of para-hydroxylation sites is 1. The van der Waals surface area contributed by atoms with Crippen LogP contribution in [0.3, 0.4) is 0 Å². The molecule has 0 saturated carbocycles. The lowest BCUT2D eigenvalue weighted by Gasteiger charge is -2.15. The predicted octanol–water partition coefficient (Wildman–Crippen LogP) is 4.94. The van der Waals surface area contributed by atoms with Crippen LogP contribution in [0.2, 0.25) is 0 Å². The minimum absolute atomic E-state index is 0.0157. The largest absolute Gasteiger partial charge is 0.339 e. The van der Waals surface area contributed by atoms with E-state index in [1.165, 1.54) is 17.0 Å². The van der Waals surface area contributed by atoms with Crippen molar-refractivity contribution < 1.29 is 14.5 Å². The van der Waals surface area contributed by atoms with Gasteiger partial charge in [0.25, 0.3) is 17.5 Å². The summed E-state index contributed by atoms with van der Waals surface area (Å²) in [6.07, 6.45) is 0.562. The highest BCUT2D eigenvalue weighted by molar-refractivity contribution is 6.21. The van der Waals surface area contributed by atoms with E-state index in [1.807, 2.05) is 30.3 Å². The second kappa shape index (κ2) is 7.48. The molecule has 0 fully saturated rings. The number of pyridine rings is 1. The topological polar surface area (TPSA) is 98.3 Å². The molecule has 1 aliphatic rings. The molecule has 3 aromatic carbocycles. The summed E-state index contributed by atoms with van der Waals surface area (Å²) in [4.78, 5) is 42.3. The second-order valence-electron chi connectivity index (χ2n) is 8.32. The fourth-order valence-electron chi connectivity index (χ4n) is 4.78. The van der Waals surface area contributed by atoms with Crippen LogP contribution in [-0.2, 0) is 6.54 Å². The number of non-ortho nitro benzene ring substituents is 1. The Morgan fingerprint density at radius 2 is 1.53 bits per heavy atom. The summed E-state index contributed by atoms with van der Waals surface area (Å²) in [6, 6.07) is 21.4. The van der Waals surface area contributed by atoms with Crippen LogP contribution in [0.5, 0.6) is 0 Å². The molecule has 1 aliphatic heterocycles. The Bertz CT molecular complexity index is 1640. The lowest BCUT2D eigenvalue weighted by atomic mass is 10.1. The summed E-state index contributed by atoms with van der Waals surface area (Å²) >= 11 is 0. The third kappa shape index (κ3) is 2.96. The molecule has 8 heteroatoms. The molecule has 8 nitrogen and oxygen atoms in total. The van der Waals surface area contributed by atoms with Gasteiger partial charge in [-0.15, -0.1) is 0 Å². The number of hydrogen-bond donors (Lipinski definition) is 0. The first-order chi connectivity index (χ1) is 16.5. The molecule has 0 atom stereocenters. The minimum atomic E-state index is -0.415. The van der Waals surface area contributed by atoms with Gasteiger partial charge in [-0.1, -0.05) is 30.3 Å². The van der Waals surface area contributed by atoms with E-state index < -0.39 is 4.92 Å². The Hall–Kier alpha value is -4.59. The Kier molecular flexibility index (Phi) is 4.41. The van der Waals surface area contributed by atoms with E-state index >= 15 is 0 Å². The molecule has 34 heavy (non-hydrogen) atoms. The number of imide groups is 1. The highest BCUT2D eigenvalue weighted by Gasteiger charge is 2.34. The Labute approximate surface area is 193 Å². The zero-order valence-corrected chi connectivity index (χ0v) is 18.0. The summed E-state index contributed by atoms with van der Waals surface area (Å²) in [5.41, 5.74) is 4.25. The van der Waals surface area contributed by atoms with Crippen molar-refractivity contribution >= 4 is 50.3 Å². The van der Waals surface area contributed by atoms with Crippen molar-refractivity contribution in [1.29, 1.82) is 0 Å². The first kappa shape index (κ1) is 20.0. The third-order valence-corrected chi connectivity index (χ3v) is 6.37. The first-order valence-corrected chi connectivity index (χ1v) is 10.9. The summed E-state index contributed by atoms with van der Waals surface area (Å²) < 4.78 is 2.11. The van der Waals surface area contributed by atoms with Gasteiger partial charge in [-0.3, -0.25) is 24.6 Å². The maximum Gasteiger partial charge on any atom is 0.270 e. The number of nitro benzene ring substituents is 1. The molecule has 6 rings (SSSR count). The zero-order chi connectivity index (χ0) is 23.4. The molecule has 3 heterocycles. The van der Waals surface area contributed by atoms with Crippen molar-refractivity contribution in [3.8, 4) is 0 Å². The van der Waals surface area contributed by atoms with Gasteiger partial charge >= 0.3 is 0 Å². The quantitative estimate of drug-likeness (QED) is 0.215. The standard InChI is InChI=1S/C26H18N4O4/c31-25-18-6-1-2-7-19(18)26(32)29(25)13-5-12-28-22-9-4-3-8-20(22)24-23(28)15-16-14-17(30(33)34)10-11-21(16)27-24/h1-4,6-11,14-15H,5,12-13H2. The molecular formula is C26H18N4O4. The van der Waals surface area contributed by atoms with Crippen LogP contribution >= 0.6 is 0 Å². The molecule has 0 spiro atoms. The molecule has 0 saturated heterocycles. The van der Waals surface area contributed by atoms with Crippen molar-refractivity contribution in [3.05, 3.63) is 94.0 Å². The summed E-state index contributed by atoms with van der Waals surface area (Å²) in [7, 11) is 0. The Balaban J connectivity index is 1.37. The van der Waals surface area contributed by atoms with E-state index in [-0.39, 0.29) is 17.5 Å². The number of carbonyl (C=O) groups excluding carboxylic acids is 2. The van der Waals surface area contributed by atoms with E-state index in [0.29, 0.717) is 41.5 Å². The number of carbonyl (C=O) groups is 2. The van der Waals surface area contributed by atoms with Crippen LogP contribution in [0.15, 0.2) is 72.8 Å². The van der Waals surface area contributed by atoms with E-state index in [9.17, 15) is 19.7 Å². The minimum Gasteiger partial charge on any atom is -0.339 e. The molecule has 5 aromatic rings. The molecule has 2 aromatic heterocycles. The summed E-state index contributed by atoms with van der Waals surface area (Å²) in [6.45, 7) is 0.854. The van der Waals surface area contributed by atoms with Gasteiger partial charge in [0.1, 0.15) is 0 Å². The number of benzene rings is 3. The predicted molar refractivity (Wildman–Crippen MR) is 128 cm³/mol. The van der Waals surface area contributed by atoms with Gasteiger partial charge in [0.05, 0.1) is 38.1 Å². The summed E-state index contributed by atoms with van der Waals surface area (Å²) in [5.74, 6) is -0.523. The number of nitrogens with zero attached hydrogens (tertiary/aromatic N) is 4. The number of aryl methyl sites for hydroxylation is 1. The number of hydrogen-bond acceptors (Lipinski definition) is 5. The van der Waals surface area contributed by atoms with Crippen LogP contribution in [0.4, 0.5) is 5.69 Å². The van der Waals surface area contributed by atoms with E-state index in [1.54, 1.807) is 30.3 Å². The Morgan fingerprint density at radius 3 is 2.26 bits per heavy atom. The summed E-state index contributed by atoms with van der Waals surface area (Å²) in [5, 5.41) is 12.9. The molecular weight excluding hydrogens is 432 g/mol. The van der Waals surface area contributed by atoms with Crippen molar-refractivity contribution in [3.63, 3.8) is 0 Å². The molecule has 0 radical (unpaired) electrons. The van der Waals surface area contributed by atoms with Crippen LogP contribution in [0.25, 0.3) is 32.8 Å². The highest BCUT2D eigenvalue weighted by Crippen LogP contribution is 2.32. The van der Waals surface area contributed by atoms with Crippen molar-refractivity contribution in [2.75, 3.05) is 6.54 Å². The first-order valence-electron chi connectivity index (χ1n) is 10.9.